The number of aryl methyl sites for hydroxylation is 1. The molecule has 2 atom stereocenters. The van der Waals surface area contributed by atoms with Gasteiger partial charge in [-0.3, -0.25) is 4.79 Å². The van der Waals surface area contributed by atoms with Crippen LogP contribution in [0.5, 0.6) is 0 Å². The van der Waals surface area contributed by atoms with Gasteiger partial charge in [0.15, 0.2) is 0 Å². The van der Waals surface area contributed by atoms with Gasteiger partial charge in [-0.05, 0) is 69.2 Å². The average molecular weight is 323 g/mol. The number of hydrogen-bond acceptors (Lipinski definition) is 2. The minimum atomic E-state index is -0.350. The Labute approximate surface area is 139 Å². The van der Waals surface area contributed by atoms with Crippen molar-refractivity contribution in [2.45, 2.75) is 44.4 Å². The first-order chi connectivity index (χ1) is 10.2. The fourth-order valence-electron chi connectivity index (χ4n) is 3.81. The Morgan fingerprint density at radius 3 is 2.95 bits per heavy atom. The van der Waals surface area contributed by atoms with Crippen LogP contribution in [0.1, 0.15) is 43.7 Å². The van der Waals surface area contributed by atoms with Crippen LogP contribution in [-0.2, 0) is 16.6 Å². The molecule has 2 aliphatic rings. The zero-order valence-electron chi connectivity index (χ0n) is 13.4. The van der Waals surface area contributed by atoms with Gasteiger partial charge in [-0.25, -0.2) is 0 Å². The molecule has 1 aliphatic carbocycles. The molecule has 1 heterocycles. The van der Waals surface area contributed by atoms with E-state index in [9.17, 15) is 4.79 Å². The van der Waals surface area contributed by atoms with Gasteiger partial charge < -0.3 is 10.6 Å². The van der Waals surface area contributed by atoms with E-state index in [4.69, 9.17) is 0 Å². The van der Waals surface area contributed by atoms with Gasteiger partial charge in [-0.2, -0.15) is 0 Å². The van der Waals surface area contributed by atoms with E-state index in [2.05, 4.69) is 41.8 Å². The summed E-state index contributed by atoms with van der Waals surface area (Å²) in [4.78, 5) is 12.8. The van der Waals surface area contributed by atoms with Gasteiger partial charge >= 0.3 is 0 Å². The van der Waals surface area contributed by atoms with Crippen LogP contribution >= 0.6 is 12.4 Å². The molecule has 1 saturated heterocycles. The van der Waals surface area contributed by atoms with Gasteiger partial charge in [0.25, 0.3) is 0 Å². The fraction of sp³-hybridized carbons (Fsp3) is 0.611. The molecule has 1 aliphatic heterocycles. The molecule has 3 nitrogen and oxygen atoms in total. The molecule has 1 aromatic rings. The summed E-state index contributed by atoms with van der Waals surface area (Å²) in [6.45, 7) is 5.08. The van der Waals surface area contributed by atoms with Crippen molar-refractivity contribution in [2.24, 2.45) is 5.92 Å². The van der Waals surface area contributed by atoms with Crippen LogP contribution in [0.15, 0.2) is 24.3 Å². The second-order valence-corrected chi connectivity index (χ2v) is 6.77. The second kappa shape index (κ2) is 7.47. The van der Waals surface area contributed by atoms with Gasteiger partial charge in [-0.15, -0.1) is 12.4 Å². The van der Waals surface area contributed by atoms with Crippen molar-refractivity contribution in [1.29, 1.82) is 0 Å². The summed E-state index contributed by atoms with van der Waals surface area (Å²) in [7, 11) is 0. The number of benzene rings is 1. The van der Waals surface area contributed by atoms with E-state index >= 15 is 0 Å². The van der Waals surface area contributed by atoms with Crippen LogP contribution in [0, 0.1) is 5.92 Å². The predicted molar refractivity (Wildman–Crippen MR) is 92.6 cm³/mol. The van der Waals surface area contributed by atoms with E-state index in [1.165, 1.54) is 24.0 Å². The van der Waals surface area contributed by atoms with E-state index in [0.29, 0.717) is 5.92 Å². The number of halogens is 1. The van der Waals surface area contributed by atoms with Gasteiger partial charge in [0, 0.05) is 6.54 Å². The molecule has 0 aromatic heterocycles. The lowest BCUT2D eigenvalue weighted by Gasteiger charge is -2.35. The van der Waals surface area contributed by atoms with Crippen LogP contribution in [-0.4, -0.2) is 25.5 Å². The molecule has 0 bridgehead atoms. The topological polar surface area (TPSA) is 41.1 Å². The van der Waals surface area contributed by atoms with E-state index in [0.717, 1.165) is 38.9 Å². The van der Waals surface area contributed by atoms with Crippen molar-refractivity contribution in [3.05, 3.63) is 35.4 Å². The predicted octanol–water partition coefficient (Wildman–Crippen LogP) is 2.82. The van der Waals surface area contributed by atoms with Crippen molar-refractivity contribution in [1.82, 2.24) is 10.6 Å². The zero-order valence-corrected chi connectivity index (χ0v) is 14.2. The van der Waals surface area contributed by atoms with Crippen molar-refractivity contribution in [3.8, 4) is 0 Å². The highest BCUT2D eigenvalue weighted by Gasteiger charge is 2.38. The van der Waals surface area contributed by atoms with Gasteiger partial charge in [0.2, 0.25) is 5.91 Å². The third-order valence-electron chi connectivity index (χ3n) is 5.19. The Balaban J connectivity index is 0.00000176. The monoisotopic (exact) mass is 322 g/mol. The third kappa shape index (κ3) is 3.47. The van der Waals surface area contributed by atoms with Crippen molar-refractivity contribution in [3.63, 3.8) is 0 Å². The number of nitrogens with one attached hydrogen (secondary N) is 2. The molecule has 1 amide bonds. The van der Waals surface area contributed by atoms with Crippen LogP contribution in [0.3, 0.4) is 0 Å². The molecule has 4 heteroatoms. The number of rotatable bonds is 3. The van der Waals surface area contributed by atoms with Crippen molar-refractivity contribution >= 4 is 18.3 Å². The highest BCUT2D eigenvalue weighted by Crippen LogP contribution is 2.37. The Morgan fingerprint density at radius 2 is 2.18 bits per heavy atom. The highest BCUT2D eigenvalue weighted by molar-refractivity contribution is 5.88. The van der Waals surface area contributed by atoms with E-state index in [-0.39, 0.29) is 23.7 Å². The van der Waals surface area contributed by atoms with Crippen LogP contribution in [0.2, 0.25) is 0 Å². The largest absolute Gasteiger partial charge is 0.355 e. The first kappa shape index (κ1) is 17.3. The first-order valence-corrected chi connectivity index (χ1v) is 8.27. The highest BCUT2D eigenvalue weighted by atomic mass is 35.5. The summed E-state index contributed by atoms with van der Waals surface area (Å²) in [5.74, 6) is 0.797. The number of carbonyl (C=O) groups is 1. The number of piperidine rings is 1. The molecule has 1 fully saturated rings. The maximum atomic E-state index is 12.8. The second-order valence-electron chi connectivity index (χ2n) is 6.77. The van der Waals surface area contributed by atoms with Gasteiger partial charge in [-0.1, -0.05) is 24.3 Å². The summed E-state index contributed by atoms with van der Waals surface area (Å²) in [6.07, 6.45) is 5.61. The van der Waals surface area contributed by atoms with Crippen molar-refractivity contribution < 1.29 is 4.79 Å². The average Bonchev–Trinajstić information content (AvgIpc) is 2.54. The fourth-order valence-corrected chi connectivity index (χ4v) is 3.81. The lowest BCUT2D eigenvalue weighted by atomic mass is 9.70. The maximum absolute atomic E-state index is 12.8. The summed E-state index contributed by atoms with van der Waals surface area (Å²) in [6, 6.07) is 8.44. The molecule has 0 spiro atoms. The minimum absolute atomic E-state index is 0. The minimum Gasteiger partial charge on any atom is -0.355 e. The summed E-state index contributed by atoms with van der Waals surface area (Å²) in [5, 5.41) is 6.64. The molecule has 3 rings (SSSR count). The molecule has 0 radical (unpaired) electrons. The molecular formula is C18H27ClN2O. The number of carbonyl (C=O) groups excluding carboxylic acids is 1. The van der Waals surface area contributed by atoms with Crippen LogP contribution < -0.4 is 10.6 Å². The van der Waals surface area contributed by atoms with E-state index in [1.54, 1.807) is 0 Å². The lowest BCUT2D eigenvalue weighted by Crippen LogP contribution is -2.47. The maximum Gasteiger partial charge on any atom is 0.230 e. The van der Waals surface area contributed by atoms with E-state index in [1.807, 2.05) is 0 Å². The van der Waals surface area contributed by atoms with Gasteiger partial charge in [0.1, 0.15) is 0 Å². The molecule has 0 saturated carbocycles. The lowest BCUT2D eigenvalue weighted by molar-refractivity contribution is -0.127. The van der Waals surface area contributed by atoms with Gasteiger partial charge in [0.05, 0.1) is 5.41 Å². The first-order valence-electron chi connectivity index (χ1n) is 8.27. The smallest absolute Gasteiger partial charge is 0.230 e. The SMILES string of the molecule is CC1(C(=O)NCC2CCCNC2)CCCc2ccccc21.Cl. The van der Waals surface area contributed by atoms with E-state index < -0.39 is 0 Å². The summed E-state index contributed by atoms with van der Waals surface area (Å²) >= 11 is 0. The third-order valence-corrected chi connectivity index (χ3v) is 5.19. The molecule has 2 N–H and O–H groups in total. The Bertz CT molecular complexity index is 514. The molecular weight excluding hydrogens is 296 g/mol. The molecule has 22 heavy (non-hydrogen) atoms. The molecule has 1 aromatic carbocycles. The number of fused-ring (bicyclic) bond motifs is 1. The quantitative estimate of drug-likeness (QED) is 0.898. The van der Waals surface area contributed by atoms with Crippen LogP contribution in [0.4, 0.5) is 0 Å². The normalized spacial score (nSPS) is 27.4. The Hall–Kier alpha value is -1.06. The summed E-state index contributed by atoms with van der Waals surface area (Å²) in [5.41, 5.74) is 2.23. The number of amides is 1. The Kier molecular flexibility index (Phi) is 5.87. The standard InChI is InChI=1S/C18H26N2O.ClH/c1-18(10-4-8-15-7-2-3-9-16(15)18)17(21)20-13-14-6-5-11-19-12-14;/h2-3,7,9,14,19H,4-6,8,10-13H2,1H3,(H,20,21);1H. The molecule has 122 valence electrons. The number of hydrogen-bond donors (Lipinski definition) is 2. The van der Waals surface area contributed by atoms with Crippen molar-refractivity contribution in [2.75, 3.05) is 19.6 Å². The zero-order chi connectivity index (χ0) is 14.7. The molecule has 2 unspecified atom stereocenters. The Morgan fingerprint density at radius 1 is 1.36 bits per heavy atom. The van der Waals surface area contributed by atoms with Crippen LogP contribution in [0.25, 0.3) is 0 Å². The summed E-state index contributed by atoms with van der Waals surface area (Å²) < 4.78 is 0.